The molecule has 1 atom stereocenters. The molecule has 0 spiro atoms. The minimum atomic E-state index is 0.0684. The number of nitrogens with zero attached hydrogens (tertiary/aromatic N) is 1. The first kappa shape index (κ1) is 16.3. The Morgan fingerprint density at radius 2 is 2.24 bits per heavy atom. The minimum absolute atomic E-state index is 0.0684. The number of likely N-dealkylation sites (tertiary alicyclic amines) is 1. The summed E-state index contributed by atoms with van der Waals surface area (Å²) in [5.41, 5.74) is 0.661. The van der Waals surface area contributed by atoms with Crippen LogP contribution >= 0.6 is 11.6 Å². The Balaban J connectivity index is 2.00. The highest BCUT2D eigenvalue weighted by Gasteiger charge is 2.19. The maximum absolute atomic E-state index is 12.4. The largest absolute Gasteiger partial charge is 0.489 e. The molecule has 0 N–H and O–H groups in total. The van der Waals surface area contributed by atoms with Crippen molar-refractivity contribution < 1.29 is 9.53 Å². The van der Waals surface area contributed by atoms with Gasteiger partial charge in [0.1, 0.15) is 5.75 Å². The SMILES string of the molecule is CC1CCCN(CC(=O)c2ccc(OC(C)C)c(Cl)c2)C1. The topological polar surface area (TPSA) is 29.5 Å². The average Bonchev–Trinajstić information content (AvgIpc) is 2.40. The lowest BCUT2D eigenvalue weighted by Crippen LogP contribution is -2.37. The summed E-state index contributed by atoms with van der Waals surface area (Å²) in [6, 6.07) is 5.31. The molecule has 0 bridgehead atoms. The maximum Gasteiger partial charge on any atom is 0.176 e. The van der Waals surface area contributed by atoms with Crippen LogP contribution in [0.5, 0.6) is 5.75 Å². The van der Waals surface area contributed by atoms with Crippen molar-refractivity contribution >= 4 is 17.4 Å². The molecule has 4 heteroatoms. The first-order valence-electron chi connectivity index (χ1n) is 7.67. The lowest BCUT2D eigenvalue weighted by Gasteiger charge is -2.30. The Bertz CT molecular complexity index is 502. The number of halogens is 1. The monoisotopic (exact) mass is 309 g/mol. The van der Waals surface area contributed by atoms with Crippen molar-refractivity contribution in [3.63, 3.8) is 0 Å². The van der Waals surface area contributed by atoms with Crippen molar-refractivity contribution in [3.8, 4) is 5.75 Å². The average molecular weight is 310 g/mol. The zero-order chi connectivity index (χ0) is 15.4. The summed E-state index contributed by atoms with van der Waals surface area (Å²) in [6.07, 6.45) is 2.51. The van der Waals surface area contributed by atoms with E-state index in [0.29, 0.717) is 28.8 Å². The van der Waals surface area contributed by atoms with Gasteiger partial charge in [0.15, 0.2) is 5.78 Å². The number of piperidine rings is 1. The van der Waals surface area contributed by atoms with Crippen LogP contribution in [-0.4, -0.2) is 36.4 Å². The van der Waals surface area contributed by atoms with Crippen LogP contribution in [0.4, 0.5) is 0 Å². The molecule has 1 aliphatic rings. The summed E-state index contributed by atoms with van der Waals surface area (Å²) in [4.78, 5) is 14.6. The third-order valence-corrected chi connectivity index (χ3v) is 4.02. The number of ether oxygens (including phenoxy) is 1. The minimum Gasteiger partial charge on any atom is -0.489 e. The summed E-state index contributed by atoms with van der Waals surface area (Å²) in [5.74, 6) is 1.44. The van der Waals surface area contributed by atoms with E-state index in [0.717, 1.165) is 13.1 Å². The fraction of sp³-hybridized carbons (Fsp3) is 0.588. The van der Waals surface area contributed by atoms with Crippen LogP contribution in [0.1, 0.15) is 44.0 Å². The summed E-state index contributed by atoms with van der Waals surface area (Å²) in [7, 11) is 0. The van der Waals surface area contributed by atoms with Gasteiger partial charge < -0.3 is 4.74 Å². The molecule has 0 aromatic heterocycles. The molecule has 1 saturated heterocycles. The Hall–Kier alpha value is -1.06. The number of Topliss-reactive ketones (excluding diaryl/α,β-unsaturated/α-hetero) is 1. The first-order chi connectivity index (χ1) is 9.95. The molecular formula is C17H24ClNO2. The summed E-state index contributed by atoms with van der Waals surface area (Å²) in [5, 5.41) is 0.501. The fourth-order valence-electron chi connectivity index (χ4n) is 2.75. The van der Waals surface area contributed by atoms with E-state index in [1.807, 2.05) is 13.8 Å². The zero-order valence-electron chi connectivity index (χ0n) is 13.1. The van der Waals surface area contributed by atoms with Crippen molar-refractivity contribution in [3.05, 3.63) is 28.8 Å². The standard InChI is InChI=1S/C17H24ClNO2/c1-12(2)21-17-7-6-14(9-15(17)18)16(20)11-19-8-4-5-13(3)10-19/h6-7,9,12-13H,4-5,8,10-11H2,1-3H3. The van der Waals surface area contributed by atoms with Crippen LogP contribution in [0, 0.1) is 5.92 Å². The molecule has 0 saturated carbocycles. The maximum atomic E-state index is 12.4. The molecular weight excluding hydrogens is 286 g/mol. The quantitative estimate of drug-likeness (QED) is 0.769. The van der Waals surface area contributed by atoms with Gasteiger partial charge in [-0.3, -0.25) is 9.69 Å². The van der Waals surface area contributed by atoms with E-state index < -0.39 is 0 Å². The van der Waals surface area contributed by atoms with Crippen LogP contribution < -0.4 is 4.74 Å². The molecule has 116 valence electrons. The van der Waals surface area contributed by atoms with Gasteiger partial charge in [-0.15, -0.1) is 0 Å². The van der Waals surface area contributed by atoms with Gasteiger partial charge in [0.2, 0.25) is 0 Å². The Kier molecular flexibility index (Phi) is 5.65. The van der Waals surface area contributed by atoms with Crippen molar-refractivity contribution in [2.75, 3.05) is 19.6 Å². The molecule has 1 aromatic carbocycles. The van der Waals surface area contributed by atoms with Gasteiger partial charge in [0.05, 0.1) is 17.7 Å². The van der Waals surface area contributed by atoms with E-state index in [-0.39, 0.29) is 11.9 Å². The van der Waals surface area contributed by atoms with Crippen LogP contribution in [0.15, 0.2) is 18.2 Å². The number of ketones is 1. The second-order valence-electron chi connectivity index (χ2n) is 6.22. The molecule has 0 amide bonds. The van der Waals surface area contributed by atoms with Gasteiger partial charge in [0.25, 0.3) is 0 Å². The second-order valence-corrected chi connectivity index (χ2v) is 6.62. The highest BCUT2D eigenvalue weighted by Crippen LogP contribution is 2.27. The number of carbonyl (C=O) groups is 1. The smallest absolute Gasteiger partial charge is 0.176 e. The molecule has 0 radical (unpaired) electrons. The van der Waals surface area contributed by atoms with Crippen molar-refractivity contribution in [2.24, 2.45) is 5.92 Å². The Morgan fingerprint density at radius 3 is 2.86 bits per heavy atom. The fourth-order valence-corrected chi connectivity index (χ4v) is 2.97. The summed E-state index contributed by atoms with van der Waals surface area (Å²) >= 11 is 6.19. The van der Waals surface area contributed by atoms with Crippen molar-refractivity contribution in [1.82, 2.24) is 4.90 Å². The van der Waals surface area contributed by atoms with E-state index in [4.69, 9.17) is 16.3 Å². The highest BCUT2D eigenvalue weighted by atomic mass is 35.5. The van der Waals surface area contributed by atoms with Gasteiger partial charge in [-0.1, -0.05) is 18.5 Å². The summed E-state index contributed by atoms with van der Waals surface area (Å²) in [6.45, 7) is 8.64. The van der Waals surface area contributed by atoms with Crippen LogP contribution in [0.2, 0.25) is 5.02 Å². The summed E-state index contributed by atoms with van der Waals surface area (Å²) < 4.78 is 5.59. The van der Waals surface area contributed by atoms with Gasteiger partial charge in [0, 0.05) is 12.1 Å². The third kappa shape index (κ3) is 4.72. The van der Waals surface area contributed by atoms with Gasteiger partial charge in [-0.25, -0.2) is 0 Å². The molecule has 1 unspecified atom stereocenters. The highest BCUT2D eigenvalue weighted by molar-refractivity contribution is 6.32. The third-order valence-electron chi connectivity index (χ3n) is 3.72. The number of hydrogen-bond acceptors (Lipinski definition) is 3. The lowest BCUT2D eigenvalue weighted by atomic mass is 9.99. The molecule has 2 rings (SSSR count). The van der Waals surface area contributed by atoms with Gasteiger partial charge >= 0.3 is 0 Å². The normalized spacial score (nSPS) is 19.8. The number of benzene rings is 1. The van der Waals surface area contributed by atoms with Gasteiger partial charge in [-0.05, 0) is 57.4 Å². The molecule has 1 aromatic rings. The Morgan fingerprint density at radius 1 is 1.48 bits per heavy atom. The Labute approximate surface area is 132 Å². The zero-order valence-corrected chi connectivity index (χ0v) is 13.8. The van der Waals surface area contributed by atoms with E-state index in [2.05, 4.69) is 11.8 Å². The predicted molar refractivity (Wildman–Crippen MR) is 86.4 cm³/mol. The lowest BCUT2D eigenvalue weighted by molar-refractivity contribution is 0.0893. The number of carbonyl (C=O) groups excluding carboxylic acids is 1. The van der Waals surface area contributed by atoms with Gasteiger partial charge in [-0.2, -0.15) is 0 Å². The van der Waals surface area contributed by atoms with Crippen LogP contribution in [0.3, 0.4) is 0 Å². The van der Waals surface area contributed by atoms with E-state index in [9.17, 15) is 4.79 Å². The van der Waals surface area contributed by atoms with E-state index in [1.165, 1.54) is 12.8 Å². The van der Waals surface area contributed by atoms with E-state index in [1.54, 1.807) is 18.2 Å². The van der Waals surface area contributed by atoms with Crippen LogP contribution in [-0.2, 0) is 0 Å². The van der Waals surface area contributed by atoms with Crippen molar-refractivity contribution in [2.45, 2.75) is 39.7 Å². The first-order valence-corrected chi connectivity index (χ1v) is 8.05. The number of rotatable bonds is 5. The molecule has 1 fully saturated rings. The molecule has 21 heavy (non-hydrogen) atoms. The molecule has 1 heterocycles. The van der Waals surface area contributed by atoms with Crippen LogP contribution in [0.25, 0.3) is 0 Å². The molecule has 0 aliphatic carbocycles. The van der Waals surface area contributed by atoms with Crippen molar-refractivity contribution in [1.29, 1.82) is 0 Å². The number of hydrogen-bond donors (Lipinski definition) is 0. The molecule has 3 nitrogen and oxygen atoms in total. The predicted octanol–water partition coefficient (Wildman–Crippen LogP) is 4.04. The second kappa shape index (κ2) is 7.28. The molecule has 1 aliphatic heterocycles. The van der Waals surface area contributed by atoms with E-state index >= 15 is 0 Å².